The molecule has 3 unspecified atom stereocenters. The molecule has 1 heterocycles. The first kappa shape index (κ1) is 15.3. The van der Waals surface area contributed by atoms with Crippen LogP contribution >= 0.6 is 0 Å². The summed E-state index contributed by atoms with van der Waals surface area (Å²) < 4.78 is 43.9. The molecule has 0 amide bonds. The van der Waals surface area contributed by atoms with Crippen molar-refractivity contribution in [2.75, 3.05) is 6.61 Å². The van der Waals surface area contributed by atoms with Gasteiger partial charge < -0.3 is 4.74 Å². The maximum absolute atomic E-state index is 12.8. The minimum Gasteiger partial charge on any atom is -0.378 e. The molecule has 20 heavy (non-hydrogen) atoms. The molecule has 0 spiro atoms. The number of hydrogen-bond acceptors (Lipinski definition) is 3. The zero-order chi connectivity index (χ0) is 14.8. The summed E-state index contributed by atoms with van der Waals surface area (Å²) in [5.41, 5.74) is 2.56. The molecule has 3 nitrogen and oxygen atoms in total. The van der Waals surface area contributed by atoms with Gasteiger partial charge in [-0.1, -0.05) is 19.1 Å². The Morgan fingerprint density at radius 1 is 1.45 bits per heavy atom. The van der Waals surface area contributed by atoms with E-state index in [0.717, 1.165) is 25.0 Å². The van der Waals surface area contributed by atoms with Crippen molar-refractivity contribution in [1.29, 1.82) is 0 Å². The van der Waals surface area contributed by atoms with Crippen LogP contribution in [0.3, 0.4) is 0 Å². The van der Waals surface area contributed by atoms with Crippen LogP contribution in [0.2, 0.25) is 0 Å². The fourth-order valence-corrected chi connectivity index (χ4v) is 2.84. The van der Waals surface area contributed by atoms with Crippen LogP contribution in [-0.2, 0) is 10.9 Å². The van der Waals surface area contributed by atoms with Crippen LogP contribution in [0.5, 0.6) is 0 Å². The van der Waals surface area contributed by atoms with Crippen molar-refractivity contribution in [2.45, 2.75) is 38.1 Å². The molecule has 1 aromatic carbocycles. The Kier molecular flexibility index (Phi) is 4.67. The average Bonchev–Trinajstić information content (AvgIpc) is 2.87. The molecule has 3 atom stereocenters. The lowest BCUT2D eigenvalue weighted by Gasteiger charge is -2.27. The van der Waals surface area contributed by atoms with E-state index in [1.165, 1.54) is 6.07 Å². The van der Waals surface area contributed by atoms with Gasteiger partial charge in [0, 0.05) is 12.5 Å². The third-order valence-corrected chi connectivity index (χ3v) is 3.84. The number of rotatable bonds is 4. The molecule has 2 rings (SSSR count). The normalized spacial score (nSPS) is 24.9. The lowest BCUT2D eigenvalue weighted by molar-refractivity contribution is -0.137. The highest BCUT2D eigenvalue weighted by Gasteiger charge is 2.36. The maximum atomic E-state index is 12.8. The quantitative estimate of drug-likeness (QED) is 0.661. The van der Waals surface area contributed by atoms with Crippen molar-refractivity contribution in [2.24, 2.45) is 11.8 Å². The summed E-state index contributed by atoms with van der Waals surface area (Å²) in [4.78, 5) is 0. The number of ether oxygens (including phenoxy) is 1. The Morgan fingerprint density at radius 3 is 2.80 bits per heavy atom. The molecule has 112 valence electrons. The first-order chi connectivity index (χ1) is 9.47. The van der Waals surface area contributed by atoms with Crippen molar-refractivity contribution in [3.8, 4) is 0 Å². The SMILES string of the molecule is CCC1OCCC1C(NN)c1cccc(C(F)(F)F)c1. The van der Waals surface area contributed by atoms with E-state index in [1.807, 2.05) is 6.92 Å². The molecule has 1 aromatic rings. The summed E-state index contributed by atoms with van der Waals surface area (Å²) in [6, 6.07) is 4.99. The molecule has 0 bridgehead atoms. The summed E-state index contributed by atoms with van der Waals surface area (Å²) >= 11 is 0. The van der Waals surface area contributed by atoms with Crippen molar-refractivity contribution in [3.05, 3.63) is 35.4 Å². The number of hydrogen-bond donors (Lipinski definition) is 2. The van der Waals surface area contributed by atoms with Crippen molar-refractivity contribution in [1.82, 2.24) is 5.43 Å². The second kappa shape index (κ2) is 6.11. The predicted molar refractivity (Wildman–Crippen MR) is 69.6 cm³/mol. The maximum Gasteiger partial charge on any atom is 0.416 e. The smallest absolute Gasteiger partial charge is 0.378 e. The van der Waals surface area contributed by atoms with Crippen LogP contribution in [0.1, 0.15) is 36.9 Å². The van der Waals surface area contributed by atoms with Gasteiger partial charge in [-0.2, -0.15) is 13.2 Å². The summed E-state index contributed by atoms with van der Waals surface area (Å²) in [7, 11) is 0. The van der Waals surface area contributed by atoms with Gasteiger partial charge in [-0.15, -0.1) is 0 Å². The number of nitrogens with one attached hydrogen (secondary N) is 1. The Bertz CT molecular complexity index is 450. The highest BCUT2D eigenvalue weighted by Crippen LogP contribution is 2.36. The lowest BCUT2D eigenvalue weighted by Crippen LogP contribution is -2.37. The Morgan fingerprint density at radius 2 is 2.20 bits per heavy atom. The number of benzene rings is 1. The van der Waals surface area contributed by atoms with Crippen molar-refractivity contribution in [3.63, 3.8) is 0 Å². The molecular formula is C14H19F3N2O. The Labute approximate surface area is 116 Å². The monoisotopic (exact) mass is 288 g/mol. The van der Waals surface area contributed by atoms with E-state index in [4.69, 9.17) is 10.6 Å². The summed E-state index contributed by atoms with van der Waals surface area (Å²) in [6.07, 6.45) is -2.69. The molecule has 3 N–H and O–H groups in total. The summed E-state index contributed by atoms with van der Waals surface area (Å²) in [6.45, 7) is 2.63. The molecule has 0 aromatic heterocycles. The second-order valence-corrected chi connectivity index (χ2v) is 5.04. The molecule has 0 aliphatic carbocycles. The van der Waals surface area contributed by atoms with Crippen LogP contribution in [0.25, 0.3) is 0 Å². The molecular weight excluding hydrogens is 269 g/mol. The van der Waals surface area contributed by atoms with Gasteiger partial charge in [0.15, 0.2) is 0 Å². The van der Waals surface area contributed by atoms with Gasteiger partial charge in [-0.3, -0.25) is 11.3 Å². The van der Waals surface area contributed by atoms with E-state index in [0.29, 0.717) is 12.2 Å². The van der Waals surface area contributed by atoms with Gasteiger partial charge in [-0.05, 0) is 30.5 Å². The lowest BCUT2D eigenvalue weighted by atomic mass is 9.86. The van der Waals surface area contributed by atoms with Crippen LogP contribution in [0, 0.1) is 5.92 Å². The first-order valence-corrected chi connectivity index (χ1v) is 6.72. The van der Waals surface area contributed by atoms with Gasteiger partial charge in [0.05, 0.1) is 17.7 Å². The van der Waals surface area contributed by atoms with E-state index in [2.05, 4.69) is 5.43 Å². The van der Waals surface area contributed by atoms with E-state index in [-0.39, 0.29) is 18.1 Å². The highest BCUT2D eigenvalue weighted by atomic mass is 19.4. The zero-order valence-electron chi connectivity index (χ0n) is 11.3. The van der Waals surface area contributed by atoms with E-state index < -0.39 is 11.7 Å². The van der Waals surface area contributed by atoms with Gasteiger partial charge in [0.25, 0.3) is 0 Å². The van der Waals surface area contributed by atoms with Crippen LogP contribution in [0.15, 0.2) is 24.3 Å². The fourth-order valence-electron chi connectivity index (χ4n) is 2.84. The molecule has 0 radical (unpaired) electrons. The Balaban J connectivity index is 2.28. The van der Waals surface area contributed by atoms with Crippen LogP contribution in [-0.4, -0.2) is 12.7 Å². The number of alkyl halides is 3. The van der Waals surface area contributed by atoms with E-state index in [9.17, 15) is 13.2 Å². The number of halogens is 3. The third kappa shape index (κ3) is 3.13. The fraction of sp³-hybridized carbons (Fsp3) is 0.571. The van der Waals surface area contributed by atoms with Gasteiger partial charge in [0.1, 0.15) is 0 Å². The van der Waals surface area contributed by atoms with Crippen LogP contribution in [0.4, 0.5) is 13.2 Å². The predicted octanol–water partition coefficient (Wildman–Crippen LogP) is 3.02. The molecule has 1 aliphatic rings. The zero-order valence-corrected chi connectivity index (χ0v) is 11.3. The molecule has 1 aliphatic heterocycles. The van der Waals surface area contributed by atoms with Crippen molar-refractivity contribution >= 4 is 0 Å². The molecule has 0 saturated carbocycles. The molecule has 1 fully saturated rings. The Hall–Kier alpha value is -1.11. The van der Waals surface area contributed by atoms with E-state index >= 15 is 0 Å². The third-order valence-electron chi connectivity index (χ3n) is 3.84. The second-order valence-electron chi connectivity index (χ2n) is 5.04. The largest absolute Gasteiger partial charge is 0.416 e. The first-order valence-electron chi connectivity index (χ1n) is 6.72. The summed E-state index contributed by atoms with van der Waals surface area (Å²) in [5.74, 6) is 5.67. The number of nitrogens with two attached hydrogens (primary N) is 1. The topological polar surface area (TPSA) is 47.3 Å². The average molecular weight is 288 g/mol. The minimum absolute atomic E-state index is 0.0330. The standard InChI is InChI=1S/C14H19F3N2O/c1-2-12-11(6-7-20-12)13(19-18)9-4-3-5-10(8-9)14(15,16)17/h3-5,8,11-13,19H,2,6-7,18H2,1H3. The number of hydrazine groups is 1. The van der Waals surface area contributed by atoms with Gasteiger partial charge >= 0.3 is 6.18 Å². The molecule has 6 heteroatoms. The van der Waals surface area contributed by atoms with Crippen LogP contribution < -0.4 is 11.3 Å². The van der Waals surface area contributed by atoms with Gasteiger partial charge in [0.2, 0.25) is 0 Å². The minimum atomic E-state index is -4.34. The highest BCUT2D eigenvalue weighted by molar-refractivity contribution is 5.28. The van der Waals surface area contributed by atoms with Crippen molar-refractivity contribution < 1.29 is 17.9 Å². The van der Waals surface area contributed by atoms with E-state index in [1.54, 1.807) is 6.07 Å². The molecule has 1 saturated heterocycles. The summed E-state index contributed by atoms with van der Waals surface area (Å²) in [5, 5.41) is 0. The van der Waals surface area contributed by atoms with Gasteiger partial charge in [-0.25, -0.2) is 0 Å².